The molecule has 5 nitrogen and oxygen atoms in total. The molecule has 4 rings (SSSR count). The number of hydrogen-bond donors (Lipinski definition) is 1. The van der Waals surface area contributed by atoms with Gasteiger partial charge in [0.15, 0.2) is 17.3 Å². The second-order valence-corrected chi connectivity index (χ2v) is 6.80. The number of hydrogen-bond acceptors (Lipinski definition) is 4. The number of amides is 1. The van der Waals surface area contributed by atoms with E-state index in [1.165, 1.54) is 6.07 Å². The van der Waals surface area contributed by atoms with E-state index in [0.29, 0.717) is 27.9 Å². The Kier molecular flexibility index (Phi) is 4.87. The number of carbonyl (C=O) groups excluding carboxylic acids is 4. The van der Waals surface area contributed by atoms with E-state index in [1.807, 2.05) is 6.07 Å². The molecule has 1 N–H and O–H groups in total. The standard InChI is InChI=1S/C24H17NO4/c26-21(15-6-2-1-3-7-15)12-13-22(27)25-16-10-11-19-20(14-16)24(29)18-9-5-4-8-17(18)23(19)28/h1-11,14H,12-13H2,(H,25,27). The summed E-state index contributed by atoms with van der Waals surface area (Å²) in [6.45, 7) is 0. The van der Waals surface area contributed by atoms with Crippen molar-refractivity contribution in [2.75, 3.05) is 5.32 Å². The van der Waals surface area contributed by atoms with Gasteiger partial charge in [0.1, 0.15) is 0 Å². The van der Waals surface area contributed by atoms with Crippen molar-refractivity contribution in [3.63, 3.8) is 0 Å². The summed E-state index contributed by atoms with van der Waals surface area (Å²) < 4.78 is 0. The highest BCUT2D eigenvalue weighted by Crippen LogP contribution is 2.29. The highest BCUT2D eigenvalue weighted by Gasteiger charge is 2.29. The minimum atomic E-state index is -0.329. The van der Waals surface area contributed by atoms with Crippen LogP contribution in [-0.4, -0.2) is 23.3 Å². The fourth-order valence-corrected chi connectivity index (χ4v) is 3.40. The number of anilines is 1. The van der Waals surface area contributed by atoms with Crippen molar-refractivity contribution in [2.24, 2.45) is 0 Å². The number of ketones is 3. The molecular formula is C24H17NO4. The molecule has 0 heterocycles. The van der Waals surface area contributed by atoms with Crippen LogP contribution in [0.1, 0.15) is 55.0 Å². The maximum absolute atomic E-state index is 12.8. The molecule has 0 bridgehead atoms. The van der Waals surface area contributed by atoms with Crippen LogP contribution in [0, 0.1) is 0 Å². The molecule has 0 aliphatic heterocycles. The molecule has 1 amide bonds. The van der Waals surface area contributed by atoms with Crippen LogP contribution in [0.2, 0.25) is 0 Å². The molecule has 3 aromatic carbocycles. The van der Waals surface area contributed by atoms with Gasteiger partial charge in [0.05, 0.1) is 0 Å². The maximum atomic E-state index is 12.8. The van der Waals surface area contributed by atoms with Crippen LogP contribution in [0.5, 0.6) is 0 Å². The molecule has 0 atom stereocenters. The van der Waals surface area contributed by atoms with Gasteiger partial charge in [0.2, 0.25) is 5.91 Å². The summed E-state index contributed by atoms with van der Waals surface area (Å²) in [5.41, 5.74) is 2.33. The van der Waals surface area contributed by atoms with E-state index in [0.717, 1.165) is 0 Å². The molecular weight excluding hydrogens is 366 g/mol. The Morgan fingerprint density at radius 3 is 1.93 bits per heavy atom. The van der Waals surface area contributed by atoms with Crippen molar-refractivity contribution in [2.45, 2.75) is 12.8 Å². The van der Waals surface area contributed by atoms with Crippen LogP contribution < -0.4 is 5.32 Å². The molecule has 1 aliphatic carbocycles. The first-order valence-corrected chi connectivity index (χ1v) is 9.25. The van der Waals surface area contributed by atoms with Gasteiger partial charge in [-0.2, -0.15) is 0 Å². The third-order valence-corrected chi connectivity index (χ3v) is 4.88. The first-order chi connectivity index (χ1) is 14.0. The zero-order valence-electron chi connectivity index (χ0n) is 15.5. The lowest BCUT2D eigenvalue weighted by molar-refractivity contribution is -0.116. The van der Waals surface area contributed by atoms with Crippen molar-refractivity contribution < 1.29 is 19.2 Å². The number of Topliss-reactive ketones (excluding diaryl/α,β-unsaturated/α-hetero) is 1. The Balaban J connectivity index is 1.47. The number of fused-ring (bicyclic) bond motifs is 2. The summed E-state index contributed by atoms with van der Waals surface area (Å²) in [5.74, 6) is -0.889. The van der Waals surface area contributed by atoms with Crippen molar-refractivity contribution >= 4 is 28.9 Å². The van der Waals surface area contributed by atoms with Crippen LogP contribution in [-0.2, 0) is 4.79 Å². The van der Waals surface area contributed by atoms with Gasteiger partial charge in [-0.15, -0.1) is 0 Å². The Morgan fingerprint density at radius 1 is 0.655 bits per heavy atom. The normalized spacial score (nSPS) is 12.1. The van der Waals surface area contributed by atoms with Crippen LogP contribution in [0.25, 0.3) is 0 Å². The zero-order valence-corrected chi connectivity index (χ0v) is 15.5. The van der Waals surface area contributed by atoms with E-state index in [-0.39, 0.29) is 41.7 Å². The number of nitrogens with one attached hydrogen (secondary N) is 1. The Bertz CT molecular complexity index is 1150. The lowest BCUT2D eigenvalue weighted by Crippen LogP contribution is -2.21. The molecule has 0 aromatic heterocycles. The van der Waals surface area contributed by atoms with E-state index in [4.69, 9.17) is 0 Å². The predicted molar refractivity (Wildman–Crippen MR) is 108 cm³/mol. The third-order valence-electron chi connectivity index (χ3n) is 4.88. The van der Waals surface area contributed by atoms with Gasteiger partial charge in [0.25, 0.3) is 0 Å². The van der Waals surface area contributed by atoms with E-state index in [9.17, 15) is 19.2 Å². The Morgan fingerprint density at radius 2 is 1.24 bits per heavy atom. The predicted octanol–water partition coefficient (Wildman–Crippen LogP) is 4.06. The molecule has 0 spiro atoms. The molecule has 5 heteroatoms. The molecule has 142 valence electrons. The average molecular weight is 383 g/mol. The average Bonchev–Trinajstić information content (AvgIpc) is 2.76. The molecule has 3 aromatic rings. The SMILES string of the molecule is O=C(CCC(=O)c1ccccc1)Nc1ccc2c(c1)C(=O)c1ccccc1C2=O. The van der Waals surface area contributed by atoms with Crippen LogP contribution in [0.4, 0.5) is 5.69 Å². The third kappa shape index (κ3) is 3.62. The van der Waals surface area contributed by atoms with Crippen molar-refractivity contribution in [3.8, 4) is 0 Å². The molecule has 1 aliphatic rings. The number of benzene rings is 3. The molecule has 0 fully saturated rings. The number of carbonyl (C=O) groups is 4. The summed E-state index contributed by atoms with van der Waals surface area (Å²) in [6.07, 6.45) is 0.117. The van der Waals surface area contributed by atoms with Crippen LogP contribution >= 0.6 is 0 Å². The summed E-state index contributed by atoms with van der Waals surface area (Å²) in [4.78, 5) is 49.7. The lowest BCUT2D eigenvalue weighted by atomic mass is 9.84. The van der Waals surface area contributed by atoms with Crippen molar-refractivity contribution in [1.29, 1.82) is 0 Å². The first kappa shape index (κ1) is 18.5. The molecule has 29 heavy (non-hydrogen) atoms. The quantitative estimate of drug-likeness (QED) is 0.527. The smallest absolute Gasteiger partial charge is 0.224 e. The molecule has 0 saturated carbocycles. The fraction of sp³-hybridized carbons (Fsp3) is 0.0833. The topological polar surface area (TPSA) is 80.3 Å². The van der Waals surface area contributed by atoms with Gasteiger partial charge in [-0.05, 0) is 18.2 Å². The molecule has 0 saturated heterocycles. The molecule has 0 radical (unpaired) electrons. The Hall–Kier alpha value is -3.86. The van der Waals surface area contributed by atoms with E-state index < -0.39 is 0 Å². The fourth-order valence-electron chi connectivity index (χ4n) is 3.40. The monoisotopic (exact) mass is 383 g/mol. The second kappa shape index (κ2) is 7.64. The highest BCUT2D eigenvalue weighted by molar-refractivity contribution is 6.28. The largest absolute Gasteiger partial charge is 0.326 e. The second-order valence-electron chi connectivity index (χ2n) is 6.80. The van der Waals surface area contributed by atoms with Gasteiger partial charge in [-0.25, -0.2) is 0 Å². The maximum Gasteiger partial charge on any atom is 0.224 e. The first-order valence-electron chi connectivity index (χ1n) is 9.25. The van der Waals surface area contributed by atoms with Crippen molar-refractivity contribution in [1.82, 2.24) is 0 Å². The summed E-state index contributed by atoms with van der Waals surface area (Å²) in [5, 5.41) is 2.70. The van der Waals surface area contributed by atoms with E-state index in [1.54, 1.807) is 60.7 Å². The Labute approximate surface area is 167 Å². The molecule has 0 unspecified atom stereocenters. The van der Waals surface area contributed by atoms with Crippen LogP contribution in [0.3, 0.4) is 0 Å². The van der Waals surface area contributed by atoms with Gasteiger partial charge >= 0.3 is 0 Å². The van der Waals surface area contributed by atoms with Crippen molar-refractivity contribution in [3.05, 3.63) is 101 Å². The zero-order chi connectivity index (χ0) is 20.4. The minimum Gasteiger partial charge on any atom is -0.326 e. The number of rotatable bonds is 5. The van der Waals surface area contributed by atoms with Gasteiger partial charge in [-0.3, -0.25) is 19.2 Å². The summed E-state index contributed by atoms with van der Waals surface area (Å²) in [6, 6.07) is 20.2. The van der Waals surface area contributed by atoms with Gasteiger partial charge in [-0.1, -0.05) is 54.6 Å². The van der Waals surface area contributed by atoms with Gasteiger partial charge in [0, 0.05) is 46.3 Å². The minimum absolute atomic E-state index is 0.0283. The van der Waals surface area contributed by atoms with Crippen LogP contribution in [0.15, 0.2) is 72.8 Å². The summed E-state index contributed by atoms with van der Waals surface area (Å²) >= 11 is 0. The lowest BCUT2D eigenvalue weighted by Gasteiger charge is -2.18. The van der Waals surface area contributed by atoms with Gasteiger partial charge < -0.3 is 5.32 Å². The summed E-state index contributed by atoms with van der Waals surface area (Å²) in [7, 11) is 0. The highest BCUT2D eigenvalue weighted by atomic mass is 16.2. The van der Waals surface area contributed by atoms with E-state index in [2.05, 4.69) is 5.32 Å². The van der Waals surface area contributed by atoms with E-state index >= 15 is 0 Å².